The van der Waals surface area contributed by atoms with E-state index in [1.807, 2.05) is 0 Å². The standard InChI is InChI=1S/C19H21F2N9O2/c20-15(21)9-30-18-14(26-28-30)2-1-13(24-18)12-3-4-29-16(12)17(22)25-19(27-29)23-10-7-11(8-10)32-6-5-31/h1-4,10-11,15,31H,5-9H2,(H3,22,23,25,27). The smallest absolute Gasteiger partial charge is 0.258 e. The van der Waals surface area contributed by atoms with E-state index < -0.39 is 13.0 Å². The minimum absolute atomic E-state index is 0.00767. The molecule has 0 atom stereocenters. The molecule has 0 aromatic carbocycles. The fourth-order valence-corrected chi connectivity index (χ4v) is 3.80. The molecule has 4 aromatic heterocycles. The SMILES string of the molecule is Nc1nc(NC2CC(OCCO)C2)nn2ccc(-c3ccc4nnn(CC(F)F)c4n3)c12. The molecular weight excluding hydrogens is 424 g/mol. The fraction of sp³-hybridized carbons (Fsp3) is 0.421. The summed E-state index contributed by atoms with van der Waals surface area (Å²) >= 11 is 0. The van der Waals surface area contributed by atoms with Crippen molar-refractivity contribution >= 4 is 28.4 Å². The van der Waals surface area contributed by atoms with Crippen LogP contribution in [0.5, 0.6) is 0 Å². The van der Waals surface area contributed by atoms with Crippen molar-refractivity contribution in [3.8, 4) is 11.3 Å². The first-order valence-electron chi connectivity index (χ1n) is 10.1. The van der Waals surface area contributed by atoms with Gasteiger partial charge < -0.3 is 20.9 Å². The highest BCUT2D eigenvalue weighted by Crippen LogP contribution is 2.30. The van der Waals surface area contributed by atoms with Crippen molar-refractivity contribution in [3.63, 3.8) is 0 Å². The molecule has 4 aromatic rings. The summed E-state index contributed by atoms with van der Waals surface area (Å²) in [5.41, 5.74) is 8.68. The van der Waals surface area contributed by atoms with Crippen LogP contribution >= 0.6 is 0 Å². The van der Waals surface area contributed by atoms with E-state index in [2.05, 4.69) is 30.7 Å². The number of nitrogen functional groups attached to an aromatic ring is 1. The molecule has 0 aliphatic heterocycles. The van der Waals surface area contributed by atoms with Gasteiger partial charge in [0.05, 0.1) is 25.0 Å². The lowest BCUT2D eigenvalue weighted by atomic mass is 9.89. The number of hydrogen-bond acceptors (Lipinski definition) is 9. The van der Waals surface area contributed by atoms with Crippen LogP contribution in [0.2, 0.25) is 0 Å². The predicted octanol–water partition coefficient (Wildman–Crippen LogP) is 1.34. The quantitative estimate of drug-likeness (QED) is 0.366. The molecule has 1 saturated carbocycles. The van der Waals surface area contributed by atoms with E-state index in [0.717, 1.165) is 17.5 Å². The second kappa shape index (κ2) is 8.24. The van der Waals surface area contributed by atoms with Gasteiger partial charge in [0.25, 0.3) is 6.43 Å². The number of alkyl halides is 2. The number of aromatic nitrogens is 7. The van der Waals surface area contributed by atoms with Gasteiger partial charge in [-0.2, -0.15) is 4.98 Å². The normalized spacial score (nSPS) is 18.5. The lowest BCUT2D eigenvalue weighted by Gasteiger charge is -2.35. The van der Waals surface area contributed by atoms with Gasteiger partial charge in [0.2, 0.25) is 5.95 Å². The van der Waals surface area contributed by atoms with Crippen LogP contribution in [-0.4, -0.2) is 71.5 Å². The van der Waals surface area contributed by atoms with Crippen molar-refractivity contribution in [2.45, 2.75) is 38.0 Å². The molecule has 1 aliphatic carbocycles. The van der Waals surface area contributed by atoms with Crippen LogP contribution < -0.4 is 11.1 Å². The predicted molar refractivity (Wildman–Crippen MR) is 111 cm³/mol. The molecule has 13 heteroatoms. The average Bonchev–Trinajstić information content (AvgIpc) is 3.33. The van der Waals surface area contributed by atoms with E-state index in [4.69, 9.17) is 15.6 Å². The summed E-state index contributed by atoms with van der Waals surface area (Å²) in [6, 6.07) is 5.36. The molecule has 1 aliphatic rings. The number of halogens is 2. The molecule has 32 heavy (non-hydrogen) atoms. The molecule has 4 N–H and O–H groups in total. The van der Waals surface area contributed by atoms with Gasteiger partial charge in [0.1, 0.15) is 17.6 Å². The zero-order chi connectivity index (χ0) is 22.2. The Balaban J connectivity index is 1.40. The van der Waals surface area contributed by atoms with E-state index >= 15 is 0 Å². The summed E-state index contributed by atoms with van der Waals surface area (Å²) in [5, 5.41) is 24.2. The maximum Gasteiger partial charge on any atom is 0.258 e. The Hall–Kier alpha value is -3.45. The van der Waals surface area contributed by atoms with Crippen LogP contribution in [0.25, 0.3) is 27.9 Å². The Labute approximate surface area is 180 Å². The minimum atomic E-state index is -2.57. The molecule has 0 spiro atoms. The van der Waals surface area contributed by atoms with Crippen LogP contribution in [0.3, 0.4) is 0 Å². The van der Waals surface area contributed by atoms with E-state index in [9.17, 15) is 8.78 Å². The van der Waals surface area contributed by atoms with Crippen molar-refractivity contribution in [1.82, 2.24) is 34.6 Å². The molecule has 0 unspecified atom stereocenters. The van der Waals surface area contributed by atoms with Crippen molar-refractivity contribution in [2.75, 3.05) is 24.3 Å². The third-order valence-corrected chi connectivity index (χ3v) is 5.36. The summed E-state index contributed by atoms with van der Waals surface area (Å²) in [7, 11) is 0. The number of hydrogen-bond donors (Lipinski definition) is 3. The average molecular weight is 445 g/mol. The number of ether oxygens (including phenoxy) is 1. The zero-order valence-electron chi connectivity index (χ0n) is 16.9. The van der Waals surface area contributed by atoms with E-state index in [-0.39, 0.29) is 30.2 Å². The fourth-order valence-electron chi connectivity index (χ4n) is 3.80. The first kappa shape index (κ1) is 20.5. The van der Waals surface area contributed by atoms with Crippen molar-refractivity contribution < 1.29 is 18.6 Å². The van der Waals surface area contributed by atoms with Gasteiger partial charge in [-0.05, 0) is 31.0 Å². The number of pyridine rings is 1. The summed E-state index contributed by atoms with van der Waals surface area (Å²) < 4.78 is 33.8. The van der Waals surface area contributed by atoms with Crippen LogP contribution in [0.1, 0.15) is 12.8 Å². The number of rotatable bonds is 8. The number of fused-ring (bicyclic) bond motifs is 2. The van der Waals surface area contributed by atoms with Crippen LogP contribution in [0.4, 0.5) is 20.5 Å². The third kappa shape index (κ3) is 3.80. The molecule has 1 fully saturated rings. The highest BCUT2D eigenvalue weighted by Gasteiger charge is 2.30. The Kier molecular flexibility index (Phi) is 5.27. The van der Waals surface area contributed by atoms with Crippen LogP contribution in [0, 0.1) is 0 Å². The molecule has 0 amide bonds. The maximum absolute atomic E-state index is 12.8. The molecule has 5 rings (SSSR count). The molecule has 4 heterocycles. The third-order valence-electron chi connectivity index (χ3n) is 5.36. The Morgan fingerprint density at radius 2 is 2.09 bits per heavy atom. The number of aliphatic hydroxyl groups excluding tert-OH is 1. The van der Waals surface area contributed by atoms with Crippen molar-refractivity contribution in [2.24, 2.45) is 0 Å². The van der Waals surface area contributed by atoms with Gasteiger partial charge >= 0.3 is 0 Å². The topological polar surface area (TPSA) is 141 Å². The van der Waals surface area contributed by atoms with E-state index in [1.165, 1.54) is 0 Å². The summed E-state index contributed by atoms with van der Waals surface area (Å²) in [4.78, 5) is 8.86. The van der Waals surface area contributed by atoms with Crippen LogP contribution in [0.15, 0.2) is 24.4 Å². The Morgan fingerprint density at radius 1 is 1.25 bits per heavy atom. The highest BCUT2D eigenvalue weighted by atomic mass is 19.3. The van der Waals surface area contributed by atoms with Gasteiger partial charge in [0.15, 0.2) is 11.5 Å². The van der Waals surface area contributed by atoms with Gasteiger partial charge in [-0.15, -0.1) is 10.2 Å². The van der Waals surface area contributed by atoms with E-state index in [1.54, 1.807) is 28.9 Å². The Morgan fingerprint density at radius 3 is 2.88 bits per heavy atom. The summed E-state index contributed by atoms with van der Waals surface area (Å²) in [5.74, 6) is 0.654. The molecule has 168 valence electrons. The number of nitrogens with zero attached hydrogens (tertiary/aromatic N) is 7. The largest absolute Gasteiger partial charge is 0.394 e. The first-order valence-corrected chi connectivity index (χ1v) is 10.1. The van der Waals surface area contributed by atoms with E-state index in [0.29, 0.717) is 34.8 Å². The minimum Gasteiger partial charge on any atom is -0.394 e. The monoisotopic (exact) mass is 445 g/mol. The van der Waals surface area contributed by atoms with Gasteiger partial charge in [-0.25, -0.2) is 23.0 Å². The van der Waals surface area contributed by atoms with Crippen molar-refractivity contribution in [3.05, 3.63) is 24.4 Å². The molecule has 11 nitrogen and oxygen atoms in total. The van der Waals surface area contributed by atoms with Crippen molar-refractivity contribution in [1.29, 1.82) is 0 Å². The highest BCUT2D eigenvalue weighted by molar-refractivity contribution is 5.88. The second-order valence-electron chi connectivity index (χ2n) is 7.57. The first-order chi connectivity index (χ1) is 15.5. The molecule has 0 saturated heterocycles. The Bertz CT molecular complexity index is 1250. The molecule has 0 radical (unpaired) electrons. The van der Waals surface area contributed by atoms with Gasteiger partial charge in [-0.3, -0.25) is 0 Å². The zero-order valence-corrected chi connectivity index (χ0v) is 16.9. The lowest BCUT2D eigenvalue weighted by molar-refractivity contribution is -0.0196. The number of nitrogens with one attached hydrogen (secondary N) is 1. The molecule has 0 bridgehead atoms. The van der Waals surface area contributed by atoms with Gasteiger partial charge in [0, 0.05) is 17.8 Å². The summed E-state index contributed by atoms with van der Waals surface area (Å²) in [6.07, 6.45) is 0.878. The van der Waals surface area contributed by atoms with Crippen LogP contribution in [-0.2, 0) is 11.3 Å². The number of nitrogens with two attached hydrogens (primary N) is 1. The second-order valence-corrected chi connectivity index (χ2v) is 7.57. The lowest BCUT2D eigenvalue weighted by Crippen LogP contribution is -2.41. The number of aliphatic hydroxyl groups is 1. The van der Waals surface area contributed by atoms with Gasteiger partial charge in [-0.1, -0.05) is 5.21 Å². The maximum atomic E-state index is 12.8. The number of anilines is 2. The summed E-state index contributed by atoms with van der Waals surface area (Å²) in [6.45, 7) is -0.248. The molecular formula is C19H21F2N9O2.